The molecule has 0 spiro atoms. The normalized spacial score (nSPS) is 15.8. The number of pyridine rings is 2. The van der Waals surface area contributed by atoms with E-state index in [-0.39, 0.29) is 17.8 Å². The van der Waals surface area contributed by atoms with Crippen LogP contribution in [0.1, 0.15) is 48.4 Å². The number of carbonyl (C=O) groups excluding carboxylic acids is 1. The van der Waals surface area contributed by atoms with E-state index in [1.54, 1.807) is 24.4 Å². The van der Waals surface area contributed by atoms with Crippen molar-refractivity contribution in [3.05, 3.63) is 82.3 Å². The molecular formula is C25H28N6O2. The molecule has 1 aliphatic carbocycles. The predicted molar refractivity (Wildman–Crippen MR) is 126 cm³/mol. The van der Waals surface area contributed by atoms with Gasteiger partial charge >= 0.3 is 0 Å². The van der Waals surface area contributed by atoms with Crippen LogP contribution in [0.3, 0.4) is 0 Å². The first kappa shape index (κ1) is 21.3. The van der Waals surface area contributed by atoms with E-state index in [2.05, 4.69) is 53.3 Å². The topological polar surface area (TPSA) is 84.0 Å². The van der Waals surface area contributed by atoms with Crippen LogP contribution in [0.25, 0.3) is 11.3 Å². The number of nitrogens with zero attached hydrogens (tertiary/aromatic N) is 5. The van der Waals surface area contributed by atoms with E-state index in [1.165, 1.54) is 28.9 Å². The van der Waals surface area contributed by atoms with E-state index < -0.39 is 5.91 Å². The lowest BCUT2D eigenvalue weighted by atomic mass is 9.68. The Hall–Kier alpha value is -3.52. The average Bonchev–Trinajstić information content (AvgIpc) is 3.18. The fraction of sp³-hybridized carbons (Fsp3) is 0.360. The Balaban J connectivity index is 1.25. The summed E-state index contributed by atoms with van der Waals surface area (Å²) in [6.45, 7) is 5.79. The monoisotopic (exact) mass is 444 g/mol. The van der Waals surface area contributed by atoms with Gasteiger partial charge in [-0.05, 0) is 49.1 Å². The first-order valence-corrected chi connectivity index (χ1v) is 11.2. The number of amides is 1. The van der Waals surface area contributed by atoms with Gasteiger partial charge in [-0.1, -0.05) is 26.0 Å². The molecular weight excluding hydrogens is 416 g/mol. The highest BCUT2D eigenvalue weighted by Crippen LogP contribution is 2.42. The summed E-state index contributed by atoms with van der Waals surface area (Å²) >= 11 is 0. The molecule has 4 heterocycles. The van der Waals surface area contributed by atoms with Gasteiger partial charge in [-0.3, -0.25) is 18.9 Å². The van der Waals surface area contributed by atoms with Gasteiger partial charge in [0, 0.05) is 37.2 Å². The van der Waals surface area contributed by atoms with Crippen LogP contribution in [0.5, 0.6) is 0 Å². The number of rotatable bonds is 6. The summed E-state index contributed by atoms with van der Waals surface area (Å²) in [5, 5.41) is 2.82. The zero-order valence-electron chi connectivity index (χ0n) is 19.2. The first-order chi connectivity index (χ1) is 15.8. The summed E-state index contributed by atoms with van der Waals surface area (Å²) in [4.78, 5) is 36.1. The number of nitrogens with one attached hydrogen (secondary N) is 1. The Morgan fingerprint density at radius 3 is 2.76 bits per heavy atom. The van der Waals surface area contributed by atoms with Gasteiger partial charge in [-0.15, -0.1) is 0 Å². The molecule has 1 aliphatic rings. The lowest BCUT2D eigenvalue weighted by Gasteiger charge is -2.47. The van der Waals surface area contributed by atoms with E-state index in [0.29, 0.717) is 17.1 Å². The molecule has 0 unspecified atom stereocenters. The van der Waals surface area contributed by atoms with Crippen molar-refractivity contribution in [1.82, 2.24) is 29.0 Å². The third-order valence-electron chi connectivity index (χ3n) is 6.43. The maximum atomic E-state index is 12.6. The molecule has 0 aliphatic heterocycles. The molecule has 5 rings (SSSR count). The SMILES string of the molecule is CN(Cc1ccc2nc(CNC(=O)c3cc(=O)n4ccccc4n3)cn2c1)C1CC(C)(C)C1. The fourth-order valence-corrected chi connectivity index (χ4v) is 4.65. The molecule has 0 bridgehead atoms. The second-order valence-corrected chi connectivity index (χ2v) is 9.77. The Kier molecular flexibility index (Phi) is 5.25. The number of aromatic nitrogens is 4. The average molecular weight is 445 g/mol. The van der Waals surface area contributed by atoms with E-state index in [9.17, 15) is 9.59 Å². The number of imidazole rings is 1. The quantitative estimate of drug-likeness (QED) is 0.494. The molecule has 4 aromatic rings. The van der Waals surface area contributed by atoms with Gasteiger partial charge in [0.2, 0.25) is 0 Å². The van der Waals surface area contributed by atoms with Crippen LogP contribution in [-0.4, -0.2) is 42.7 Å². The minimum absolute atomic E-state index is 0.0967. The standard InChI is InChI=1S/C25H28N6O2/c1-25(2)11-19(12-25)29(3)14-17-7-8-21-27-18(16-30(21)15-17)13-26-24(33)20-10-23(32)31-9-5-4-6-22(31)28-20/h4-10,15-16,19H,11-14H2,1-3H3,(H,26,33). The second kappa shape index (κ2) is 8.12. The van der Waals surface area contributed by atoms with Crippen LogP contribution < -0.4 is 10.9 Å². The van der Waals surface area contributed by atoms with Crippen LogP contribution in [-0.2, 0) is 13.1 Å². The summed E-state index contributed by atoms with van der Waals surface area (Å²) in [7, 11) is 2.19. The number of fused-ring (bicyclic) bond motifs is 2. The highest BCUT2D eigenvalue weighted by Gasteiger charge is 2.38. The Morgan fingerprint density at radius 1 is 1.15 bits per heavy atom. The number of hydrogen-bond donors (Lipinski definition) is 1. The van der Waals surface area contributed by atoms with Crippen molar-refractivity contribution < 1.29 is 4.79 Å². The molecule has 1 N–H and O–H groups in total. The molecule has 0 atom stereocenters. The molecule has 4 aromatic heterocycles. The van der Waals surface area contributed by atoms with Crippen LogP contribution in [0.15, 0.2) is 59.8 Å². The van der Waals surface area contributed by atoms with Crippen LogP contribution in [0.4, 0.5) is 0 Å². The third kappa shape index (κ3) is 4.39. The lowest BCUT2D eigenvalue weighted by Crippen LogP contribution is -2.46. The van der Waals surface area contributed by atoms with Crippen LogP contribution in [0.2, 0.25) is 0 Å². The van der Waals surface area contributed by atoms with Crippen molar-refractivity contribution in [3.8, 4) is 0 Å². The first-order valence-electron chi connectivity index (χ1n) is 11.2. The Labute approximate surface area is 191 Å². The van der Waals surface area contributed by atoms with Gasteiger partial charge in [0.05, 0.1) is 12.2 Å². The molecule has 0 saturated heterocycles. The van der Waals surface area contributed by atoms with E-state index >= 15 is 0 Å². The summed E-state index contributed by atoms with van der Waals surface area (Å²) in [6, 6.07) is 11.2. The zero-order chi connectivity index (χ0) is 23.2. The minimum Gasteiger partial charge on any atom is -0.345 e. The van der Waals surface area contributed by atoms with Crippen molar-refractivity contribution in [2.45, 2.75) is 45.8 Å². The molecule has 0 radical (unpaired) electrons. The van der Waals surface area contributed by atoms with Gasteiger partial charge in [0.1, 0.15) is 17.0 Å². The van der Waals surface area contributed by atoms with Crippen LogP contribution >= 0.6 is 0 Å². The molecule has 8 nitrogen and oxygen atoms in total. The molecule has 1 fully saturated rings. The van der Waals surface area contributed by atoms with Crippen LogP contribution in [0, 0.1) is 5.41 Å². The van der Waals surface area contributed by atoms with E-state index in [1.807, 2.05) is 16.7 Å². The van der Waals surface area contributed by atoms with Crippen molar-refractivity contribution in [1.29, 1.82) is 0 Å². The zero-order valence-corrected chi connectivity index (χ0v) is 19.2. The minimum atomic E-state index is -0.402. The molecule has 0 aromatic carbocycles. The van der Waals surface area contributed by atoms with Crippen molar-refractivity contribution in [2.24, 2.45) is 5.41 Å². The van der Waals surface area contributed by atoms with E-state index in [0.717, 1.165) is 17.9 Å². The molecule has 1 saturated carbocycles. The summed E-state index contributed by atoms with van der Waals surface area (Å²) in [5.74, 6) is -0.402. The van der Waals surface area contributed by atoms with E-state index in [4.69, 9.17) is 0 Å². The summed E-state index contributed by atoms with van der Waals surface area (Å²) in [5.41, 5.74) is 3.50. The van der Waals surface area contributed by atoms with Gasteiger partial charge in [0.15, 0.2) is 0 Å². The lowest BCUT2D eigenvalue weighted by molar-refractivity contribution is 0.0373. The number of carbonyl (C=O) groups is 1. The Bertz CT molecular complexity index is 1400. The maximum Gasteiger partial charge on any atom is 0.270 e. The predicted octanol–water partition coefficient (Wildman–Crippen LogP) is 2.89. The largest absolute Gasteiger partial charge is 0.345 e. The van der Waals surface area contributed by atoms with Gasteiger partial charge in [0.25, 0.3) is 11.5 Å². The van der Waals surface area contributed by atoms with Gasteiger partial charge < -0.3 is 9.72 Å². The van der Waals surface area contributed by atoms with Gasteiger partial charge in [-0.2, -0.15) is 0 Å². The highest BCUT2D eigenvalue weighted by molar-refractivity contribution is 5.92. The molecule has 33 heavy (non-hydrogen) atoms. The molecule has 170 valence electrons. The summed E-state index contributed by atoms with van der Waals surface area (Å²) in [6.07, 6.45) is 8.12. The summed E-state index contributed by atoms with van der Waals surface area (Å²) < 4.78 is 3.40. The maximum absolute atomic E-state index is 12.6. The number of hydrogen-bond acceptors (Lipinski definition) is 5. The second-order valence-electron chi connectivity index (χ2n) is 9.77. The Morgan fingerprint density at radius 2 is 1.97 bits per heavy atom. The van der Waals surface area contributed by atoms with Crippen molar-refractivity contribution >= 4 is 17.2 Å². The fourth-order valence-electron chi connectivity index (χ4n) is 4.65. The third-order valence-corrected chi connectivity index (χ3v) is 6.43. The smallest absolute Gasteiger partial charge is 0.270 e. The molecule has 8 heteroatoms. The molecule has 1 amide bonds. The van der Waals surface area contributed by atoms with Crippen molar-refractivity contribution in [2.75, 3.05) is 7.05 Å². The van der Waals surface area contributed by atoms with Crippen molar-refractivity contribution in [3.63, 3.8) is 0 Å². The van der Waals surface area contributed by atoms with Gasteiger partial charge in [-0.25, -0.2) is 9.97 Å². The highest BCUT2D eigenvalue weighted by atomic mass is 16.2.